The Bertz CT molecular complexity index is 474. The summed E-state index contributed by atoms with van der Waals surface area (Å²) in [6.45, 7) is 3.21. The molecule has 0 radical (unpaired) electrons. The molecular formula is C14H19NO5. The highest BCUT2D eigenvalue weighted by Gasteiger charge is 2.19. The summed E-state index contributed by atoms with van der Waals surface area (Å²) >= 11 is 0. The van der Waals surface area contributed by atoms with Crippen molar-refractivity contribution in [3.05, 3.63) is 29.8 Å². The van der Waals surface area contributed by atoms with Gasteiger partial charge in [-0.2, -0.15) is 0 Å². The fourth-order valence-electron chi connectivity index (χ4n) is 1.45. The van der Waals surface area contributed by atoms with E-state index in [4.69, 9.17) is 14.6 Å². The Balaban J connectivity index is 2.47. The minimum atomic E-state index is -1.08. The van der Waals surface area contributed by atoms with Crippen LogP contribution in [0.3, 0.4) is 0 Å². The molecule has 20 heavy (non-hydrogen) atoms. The number of benzene rings is 1. The van der Waals surface area contributed by atoms with E-state index in [0.717, 1.165) is 5.56 Å². The third kappa shape index (κ3) is 4.89. The molecule has 1 rings (SSSR count). The second kappa shape index (κ2) is 7.49. The van der Waals surface area contributed by atoms with Crippen LogP contribution in [0.5, 0.6) is 5.75 Å². The number of aliphatic carboxylic acids is 1. The number of ether oxygens (including phenoxy) is 2. The van der Waals surface area contributed by atoms with E-state index in [1.54, 1.807) is 14.0 Å². The second-order valence-electron chi connectivity index (χ2n) is 4.37. The highest BCUT2D eigenvalue weighted by atomic mass is 16.5. The minimum Gasteiger partial charge on any atom is -0.497 e. The van der Waals surface area contributed by atoms with Crippen LogP contribution in [-0.4, -0.2) is 36.2 Å². The van der Waals surface area contributed by atoms with Crippen molar-refractivity contribution in [2.24, 2.45) is 0 Å². The molecule has 6 nitrogen and oxygen atoms in total. The molecule has 1 aromatic rings. The lowest BCUT2D eigenvalue weighted by Crippen LogP contribution is -2.43. The van der Waals surface area contributed by atoms with Gasteiger partial charge >= 0.3 is 5.97 Å². The maximum Gasteiger partial charge on any atom is 0.325 e. The fraction of sp³-hybridized carbons (Fsp3) is 0.429. The van der Waals surface area contributed by atoms with Crippen LogP contribution in [0.4, 0.5) is 0 Å². The van der Waals surface area contributed by atoms with Gasteiger partial charge in [-0.25, -0.2) is 0 Å². The largest absolute Gasteiger partial charge is 0.497 e. The van der Waals surface area contributed by atoms with Gasteiger partial charge in [-0.1, -0.05) is 12.1 Å². The van der Waals surface area contributed by atoms with Crippen LogP contribution in [0.2, 0.25) is 0 Å². The van der Waals surface area contributed by atoms with Crippen molar-refractivity contribution < 1.29 is 24.2 Å². The molecule has 0 heterocycles. The van der Waals surface area contributed by atoms with Gasteiger partial charge in [0.25, 0.3) is 0 Å². The first-order valence-electron chi connectivity index (χ1n) is 6.21. The van der Waals surface area contributed by atoms with E-state index in [2.05, 4.69) is 5.32 Å². The van der Waals surface area contributed by atoms with Crippen molar-refractivity contribution in [2.45, 2.75) is 32.6 Å². The van der Waals surface area contributed by atoms with Gasteiger partial charge in [0.15, 0.2) is 0 Å². The zero-order chi connectivity index (χ0) is 15.1. The first-order valence-corrected chi connectivity index (χ1v) is 6.21. The van der Waals surface area contributed by atoms with Gasteiger partial charge in [-0.3, -0.25) is 9.59 Å². The van der Waals surface area contributed by atoms with Crippen LogP contribution < -0.4 is 10.1 Å². The third-order valence-corrected chi connectivity index (χ3v) is 2.73. The summed E-state index contributed by atoms with van der Waals surface area (Å²) < 4.78 is 10.5. The van der Waals surface area contributed by atoms with E-state index < -0.39 is 24.0 Å². The molecule has 0 spiro atoms. The molecule has 0 aliphatic carbocycles. The van der Waals surface area contributed by atoms with E-state index in [-0.39, 0.29) is 6.61 Å². The summed E-state index contributed by atoms with van der Waals surface area (Å²) in [4.78, 5) is 22.3. The highest BCUT2D eigenvalue weighted by Crippen LogP contribution is 2.13. The number of amides is 1. The minimum absolute atomic E-state index is 0.243. The Morgan fingerprint density at radius 2 is 2.05 bits per heavy atom. The summed E-state index contributed by atoms with van der Waals surface area (Å²) in [5, 5.41) is 11.1. The molecule has 1 aromatic carbocycles. The lowest BCUT2D eigenvalue weighted by atomic mass is 10.2. The molecule has 2 N–H and O–H groups in total. The zero-order valence-electron chi connectivity index (χ0n) is 11.8. The molecule has 0 bridgehead atoms. The van der Waals surface area contributed by atoms with Gasteiger partial charge in [0.05, 0.1) is 13.7 Å². The van der Waals surface area contributed by atoms with Crippen molar-refractivity contribution in [1.29, 1.82) is 0 Å². The first kappa shape index (κ1) is 16.0. The monoisotopic (exact) mass is 281 g/mol. The number of rotatable bonds is 7. The number of carboxylic acid groups (broad SMARTS) is 1. The van der Waals surface area contributed by atoms with E-state index >= 15 is 0 Å². The van der Waals surface area contributed by atoms with Crippen LogP contribution in [0, 0.1) is 0 Å². The molecule has 6 heteroatoms. The van der Waals surface area contributed by atoms with Crippen LogP contribution in [0.15, 0.2) is 24.3 Å². The van der Waals surface area contributed by atoms with Gasteiger partial charge in [-0.05, 0) is 31.5 Å². The predicted molar refractivity (Wildman–Crippen MR) is 72.5 cm³/mol. The lowest BCUT2D eigenvalue weighted by molar-refractivity contribution is -0.143. The molecule has 0 fully saturated rings. The molecule has 0 aliphatic heterocycles. The summed E-state index contributed by atoms with van der Waals surface area (Å²) in [5.41, 5.74) is 0.871. The van der Waals surface area contributed by atoms with Crippen LogP contribution in [0.1, 0.15) is 19.4 Å². The molecule has 0 aromatic heterocycles. The number of hydrogen-bond acceptors (Lipinski definition) is 4. The smallest absolute Gasteiger partial charge is 0.325 e. The topological polar surface area (TPSA) is 84.9 Å². The fourth-order valence-corrected chi connectivity index (χ4v) is 1.45. The first-order chi connectivity index (χ1) is 9.43. The number of carbonyl (C=O) groups excluding carboxylic acids is 1. The number of carboxylic acids is 1. The Kier molecular flexibility index (Phi) is 5.99. The van der Waals surface area contributed by atoms with Crippen molar-refractivity contribution in [2.75, 3.05) is 7.11 Å². The maximum absolute atomic E-state index is 11.7. The van der Waals surface area contributed by atoms with Crippen molar-refractivity contribution >= 4 is 11.9 Å². The molecular weight excluding hydrogens is 262 g/mol. The normalized spacial score (nSPS) is 13.3. The van der Waals surface area contributed by atoms with Crippen LogP contribution >= 0.6 is 0 Å². The second-order valence-corrected chi connectivity index (χ2v) is 4.37. The van der Waals surface area contributed by atoms with Gasteiger partial charge in [0, 0.05) is 0 Å². The summed E-state index contributed by atoms with van der Waals surface area (Å²) in [6, 6.07) is 6.37. The Morgan fingerprint density at radius 3 is 2.65 bits per heavy atom. The summed E-state index contributed by atoms with van der Waals surface area (Å²) in [6.07, 6.45) is -0.733. The third-order valence-electron chi connectivity index (χ3n) is 2.73. The summed E-state index contributed by atoms with van der Waals surface area (Å²) in [5.74, 6) is -0.830. The number of carbonyl (C=O) groups is 2. The number of nitrogens with one attached hydrogen (secondary N) is 1. The van der Waals surface area contributed by atoms with Crippen LogP contribution in [0.25, 0.3) is 0 Å². The van der Waals surface area contributed by atoms with E-state index in [1.807, 2.05) is 24.3 Å². The van der Waals surface area contributed by atoms with E-state index in [9.17, 15) is 9.59 Å². The average molecular weight is 281 g/mol. The Morgan fingerprint density at radius 1 is 1.35 bits per heavy atom. The Labute approximate surface area is 117 Å². The standard InChI is InChI=1S/C14H19NO5/c1-9(14(17)18)15-13(16)10(2)20-8-11-5-4-6-12(7-11)19-3/h4-7,9-10H,8H2,1-3H3,(H,15,16)(H,17,18). The maximum atomic E-state index is 11.7. The molecule has 2 atom stereocenters. The average Bonchev–Trinajstić information content (AvgIpc) is 2.44. The zero-order valence-corrected chi connectivity index (χ0v) is 11.8. The van der Waals surface area contributed by atoms with Crippen molar-refractivity contribution in [3.63, 3.8) is 0 Å². The van der Waals surface area contributed by atoms with E-state index in [1.165, 1.54) is 6.92 Å². The molecule has 1 amide bonds. The molecule has 110 valence electrons. The predicted octanol–water partition coefficient (Wildman–Crippen LogP) is 1.19. The Hall–Kier alpha value is -2.08. The van der Waals surface area contributed by atoms with Crippen LogP contribution in [-0.2, 0) is 20.9 Å². The molecule has 0 saturated heterocycles. The van der Waals surface area contributed by atoms with Gasteiger partial charge in [0.1, 0.15) is 17.9 Å². The molecule has 0 aliphatic rings. The van der Waals surface area contributed by atoms with Gasteiger partial charge in [-0.15, -0.1) is 0 Å². The quantitative estimate of drug-likeness (QED) is 0.784. The van der Waals surface area contributed by atoms with Crippen molar-refractivity contribution in [1.82, 2.24) is 5.32 Å². The lowest BCUT2D eigenvalue weighted by Gasteiger charge is -2.15. The summed E-state index contributed by atoms with van der Waals surface area (Å²) in [7, 11) is 1.57. The SMILES string of the molecule is COc1cccc(COC(C)C(=O)NC(C)C(=O)O)c1. The highest BCUT2D eigenvalue weighted by molar-refractivity contribution is 5.85. The van der Waals surface area contributed by atoms with E-state index in [0.29, 0.717) is 5.75 Å². The van der Waals surface area contributed by atoms with Crippen molar-refractivity contribution in [3.8, 4) is 5.75 Å². The number of hydrogen-bond donors (Lipinski definition) is 2. The molecule has 2 unspecified atom stereocenters. The number of methoxy groups -OCH3 is 1. The van der Waals surface area contributed by atoms with Gasteiger partial charge < -0.3 is 19.9 Å². The van der Waals surface area contributed by atoms with Gasteiger partial charge in [0.2, 0.25) is 5.91 Å². The molecule has 0 saturated carbocycles.